The molecule has 2 amide bonds. The number of primary amides is 1. The largest absolute Gasteiger partial charge is 0.366 e. The van der Waals surface area contributed by atoms with Crippen molar-refractivity contribution in [2.75, 3.05) is 26.2 Å². The smallest absolute Gasteiger partial charge is 0.272 e. The molecule has 0 aliphatic carbocycles. The van der Waals surface area contributed by atoms with Gasteiger partial charge in [-0.1, -0.05) is 25.5 Å². The minimum atomic E-state index is -0.893. The number of non-ortho nitro benzene ring substituents is 1. The average molecular weight is 442 g/mol. The van der Waals surface area contributed by atoms with Crippen LogP contribution in [0.15, 0.2) is 36.4 Å². The summed E-state index contributed by atoms with van der Waals surface area (Å²) < 4.78 is 14.2. The van der Waals surface area contributed by atoms with Crippen molar-refractivity contribution in [2.24, 2.45) is 5.73 Å². The lowest BCUT2D eigenvalue weighted by Crippen LogP contribution is -2.48. The number of unbranched alkanes of at least 4 members (excludes halogenated alkanes) is 1. The quantitative estimate of drug-likeness (QED) is 0.499. The third kappa shape index (κ3) is 5.28. The van der Waals surface area contributed by atoms with Gasteiger partial charge in [-0.15, -0.1) is 0 Å². The van der Waals surface area contributed by atoms with Gasteiger partial charge in [0, 0.05) is 44.4 Å². The molecule has 0 bridgehead atoms. The van der Waals surface area contributed by atoms with E-state index in [4.69, 9.17) is 5.73 Å². The molecule has 0 spiro atoms. The predicted octanol–water partition coefficient (Wildman–Crippen LogP) is 3.13. The van der Waals surface area contributed by atoms with Gasteiger partial charge in [0.25, 0.3) is 11.6 Å². The molecule has 9 heteroatoms. The standard InChI is InChI=1S/C23H27FN4O4/c1-2-3-6-18-16(5-4-7-19(18)22(25)29)15-26-10-12-27(13-11-26)23(30)20-9-8-17(28(31)32)14-21(20)24/h4-5,7-9,14H,2-3,6,10-13,15H2,1H3,(H2,25,29). The van der Waals surface area contributed by atoms with E-state index < -0.39 is 22.6 Å². The first-order valence-corrected chi connectivity index (χ1v) is 10.7. The molecule has 0 unspecified atom stereocenters. The van der Waals surface area contributed by atoms with Crippen molar-refractivity contribution in [1.82, 2.24) is 9.80 Å². The number of carbonyl (C=O) groups is 2. The highest BCUT2D eigenvalue weighted by Crippen LogP contribution is 2.22. The zero-order chi connectivity index (χ0) is 23.3. The molecule has 170 valence electrons. The van der Waals surface area contributed by atoms with Gasteiger partial charge in [0.1, 0.15) is 5.82 Å². The van der Waals surface area contributed by atoms with Gasteiger partial charge in [-0.2, -0.15) is 0 Å². The van der Waals surface area contributed by atoms with Crippen LogP contribution in [-0.4, -0.2) is 52.7 Å². The molecule has 3 rings (SSSR count). The average Bonchev–Trinajstić information content (AvgIpc) is 2.78. The number of benzene rings is 2. The van der Waals surface area contributed by atoms with Crippen LogP contribution in [0.25, 0.3) is 0 Å². The lowest BCUT2D eigenvalue weighted by Gasteiger charge is -2.35. The Morgan fingerprint density at radius 3 is 2.44 bits per heavy atom. The summed E-state index contributed by atoms with van der Waals surface area (Å²) in [5, 5.41) is 10.8. The fourth-order valence-electron chi connectivity index (χ4n) is 3.97. The Balaban J connectivity index is 1.67. The van der Waals surface area contributed by atoms with Gasteiger partial charge in [0.15, 0.2) is 0 Å². The van der Waals surface area contributed by atoms with Crippen molar-refractivity contribution in [3.05, 3.63) is 74.6 Å². The van der Waals surface area contributed by atoms with Crippen LogP contribution >= 0.6 is 0 Å². The minimum Gasteiger partial charge on any atom is -0.366 e. The molecule has 2 N–H and O–H groups in total. The summed E-state index contributed by atoms with van der Waals surface area (Å²) in [4.78, 5) is 38.4. The van der Waals surface area contributed by atoms with Crippen molar-refractivity contribution in [3.8, 4) is 0 Å². The summed E-state index contributed by atoms with van der Waals surface area (Å²) in [5.41, 5.74) is 7.60. The first kappa shape index (κ1) is 23.3. The number of carbonyl (C=O) groups excluding carboxylic acids is 2. The number of piperazine rings is 1. The molecular weight excluding hydrogens is 415 g/mol. The van der Waals surface area contributed by atoms with Crippen molar-refractivity contribution < 1.29 is 18.9 Å². The van der Waals surface area contributed by atoms with E-state index in [1.807, 2.05) is 12.1 Å². The molecule has 0 aromatic heterocycles. The third-order valence-corrected chi connectivity index (χ3v) is 5.77. The van der Waals surface area contributed by atoms with E-state index in [0.29, 0.717) is 38.3 Å². The Morgan fingerprint density at radius 2 is 1.84 bits per heavy atom. The molecule has 2 aromatic rings. The summed E-state index contributed by atoms with van der Waals surface area (Å²) in [6.45, 7) is 4.73. The zero-order valence-corrected chi connectivity index (χ0v) is 18.1. The van der Waals surface area contributed by atoms with Gasteiger partial charge in [0.2, 0.25) is 5.91 Å². The lowest BCUT2D eigenvalue weighted by molar-refractivity contribution is -0.385. The van der Waals surface area contributed by atoms with Gasteiger partial charge in [-0.3, -0.25) is 24.6 Å². The van der Waals surface area contributed by atoms with Crippen LogP contribution in [0.4, 0.5) is 10.1 Å². The molecule has 8 nitrogen and oxygen atoms in total. The second kappa shape index (κ2) is 10.3. The Bertz CT molecular complexity index is 1020. The van der Waals surface area contributed by atoms with E-state index in [2.05, 4.69) is 11.8 Å². The van der Waals surface area contributed by atoms with E-state index in [-0.39, 0.29) is 11.3 Å². The van der Waals surface area contributed by atoms with Gasteiger partial charge >= 0.3 is 0 Å². The fourth-order valence-corrected chi connectivity index (χ4v) is 3.97. The molecule has 32 heavy (non-hydrogen) atoms. The highest BCUT2D eigenvalue weighted by molar-refractivity contribution is 5.95. The van der Waals surface area contributed by atoms with E-state index in [9.17, 15) is 24.1 Å². The number of amides is 2. The Morgan fingerprint density at radius 1 is 1.12 bits per heavy atom. The highest BCUT2D eigenvalue weighted by Gasteiger charge is 2.26. The zero-order valence-electron chi connectivity index (χ0n) is 18.1. The first-order chi connectivity index (χ1) is 15.3. The van der Waals surface area contributed by atoms with Crippen LogP contribution in [0.1, 0.15) is 51.6 Å². The van der Waals surface area contributed by atoms with Gasteiger partial charge in [0.05, 0.1) is 16.6 Å². The van der Waals surface area contributed by atoms with Gasteiger partial charge in [-0.05, 0) is 36.1 Å². The van der Waals surface area contributed by atoms with E-state index >= 15 is 0 Å². The second-order valence-electron chi connectivity index (χ2n) is 7.90. The molecule has 1 aliphatic rings. The predicted molar refractivity (Wildman–Crippen MR) is 118 cm³/mol. The Hall–Kier alpha value is -3.33. The maximum Gasteiger partial charge on any atom is 0.272 e. The lowest BCUT2D eigenvalue weighted by atomic mass is 9.95. The molecule has 1 aliphatic heterocycles. The Kier molecular flexibility index (Phi) is 7.53. The molecule has 1 fully saturated rings. The van der Waals surface area contributed by atoms with Crippen molar-refractivity contribution in [3.63, 3.8) is 0 Å². The number of nitro groups is 1. The topological polar surface area (TPSA) is 110 Å². The number of halogens is 1. The van der Waals surface area contributed by atoms with Crippen molar-refractivity contribution >= 4 is 17.5 Å². The van der Waals surface area contributed by atoms with Crippen LogP contribution in [-0.2, 0) is 13.0 Å². The number of nitrogens with zero attached hydrogens (tertiary/aromatic N) is 3. The fraction of sp³-hybridized carbons (Fsp3) is 0.391. The molecular formula is C23H27FN4O4. The van der Waals surface area contributed by atoms with Crippen LogP contribution < -0.4 is 5.73 Å². The van der Waals surface area contributed by atoms with Crippen LogP contribution in [0.3, 0.4) is 0 Å². The molecule has 1 heterocycles. The monoisotopic (exact) mass is 442 g/mol. The number of hydrogen-bond acceptors (Lipinski definition) is 5. The van der Waals surface area contributed by atoms with Crippen LogP contribution in [0, 0.1) is 15.9 Å². The molecule has 0 saturated carbocycles. The molecule has 2 aromatic carbocycles. The normalized spacial score (nSPS) is 14.4. The molecule has 0 atom stereocenters. The van der Waals surface area contributed by atoms with Gasteiger partial charge < -0.3 is 10.6 Å². The highest BCUT2D eigenvalue weighted by atomic mass is 19.1. The maximum absolute atomic E-state index is 14.2. The molecule has 1 saturated heterocycles. The van der Waals surface area contributed by atoms with Crippen molar-refractivity contribution in [1.29, 1.82) is 0 Å². The van der Waals surface area contributed by atoms with Gasteiger partial charge in [-0.25, -0.2) is 4.39 Å². The first-order valence-electron chi connectivity index (χ1n) is 10.7. The second-order valence-corrected chi connectivity index (χ2v) is 7.90. The van der Waals surface area contributed by atoms with Crippen LogP contribution in [0.2, 0.25) is 0 Å². The third-order valence-electron chi connectivity index (χ3n) is 5.77. The number of rotatable bonds is 8. The SMILES string of the molecule is CCCCc1c(CN2CCN(C(=O)c3ccc([N+](=O)[O-])cc3F)CC2)cccc1C(N)=O. The van der Waals surface area contributed by atoms with E-state index in [1.165, 1.54) is 0 Å². The summed E-state index contributed by atoms with van der Waals surface area (Å²) >= 11 is 0. The number of hydrogen-bond donors (Lipinski definition) is 1. The summed E-state index contributed by atoms with van der Waals surface area (Å²) in [7, 11) is 0. The van der Waals surface area contributed by atoms with Crippen LogP contribution in [0.5, 0.6) is 0 Å². The maximum atomic E-state index is 14.2. The summed E-state index contributed by atoms with van der Waals surface area (Å²) in [5.74, 6) is -1.80. The summed E-state index contributed by atoms with van der Waals surface area (Å²) in [6, 6.07) is 8.66. The number of nitro benzene ring substituents is 1. The van der Waals surface area contributed by atoms with Crippen molar-refractivity contribution in [2.45, 2.75) is 32.7 Å². The van der Waals surface area contributed by atoms with E-state index in [1.54, 1.807) is 11.0 Å². The number of nitrogens with two attached hydrogens (primary N) is 1. The molecule has 0 radical (unpaired) electrons. The minimum absolute atomic E-state index is 0.167. The van der Waals surface area contributed by atoms with E-state index in [0.717, 1.165) is 48.6 Å². The Labute approximate surface area is 185 Å². The summed E-state index contributed by atoms with van der Waals surface area (Å²) in [6.07, 6.45) is 2.75.